The minimum absolute atomic E-state index is 0.00268. The maximum absolute atomic E-state index is 7.49. The van der Waals surface area contributed by atoms with Gasteiger partial charge in [-0.15, -0.1) is 0 Å². The van der Waals surface area contributed by atoms with Gasteiger partial charge in [-0.3, -0.25) is 10.4 Å². The van der Waals surface area contributed by atoms with E-state index in [9.17, 15) is 0 Å². The minimum Gasteiger partial charge on any atom is -0.382 e. The predicted molar refractivity (Wildman–Crippen MR) is 65.4 cm³/mol. The molecule has 1 aromatic heterocycles. The second kappa shape index (κ2) is 4.14. The Morgan fingerprint density at radius 3 is 2.75 bits per heavy atom. The average molecular weight is 211 g/mol. The zero-order chi connectivity index (χ0) is 11.5. The minimum atomic E-state index is -0.00268. The largest absolute Gasteiger partial charge is 0.382 e. The first-order valence-corrected chi connectivity index (χ1v) is 5.05. The molecule has 1 aromatic carbocycles. The molecule has 2 rings (SSSR count). The van der Waals surface area contributed by atoms with E-state index in [0.29, 0.717) is 5.69 Å². The van der Waals surface area contributed by atoms with Gasteiger partial charge in [0.15, 0.2) is 0 Å². The Balaban J connectivity index is 2.60. The molecular formula is C13H13N3. The number of pyridine rings is 1. The number of nitrogens with two attached hydrogens (primary N) is 1. The predicted octanol–water partition coefficient (Wildman–Crippen LogP) is 2.34. The molecule has 0 spiro atoms. The van der Waals surface area contributed by atoms with Crippen molar-refractivity contribution < 1.29 is 0 Å². The maximum Gasteiger partial charge on any atom is 0.142 e. The van der Waals surface area contributed by atoms with Crippen molar-refractivity contribution in [2.75, 3.05) is 0 Å². The fraction of sp³-hybridized carbons (Fsp3) is 0.0769. The van der Waals surface area contributed by atoms with E-state index in [2.05, 4.69) is 11.1 Å². The summed E-state index contributed by atoms with van der Waals surface area (Å²) in [5, 5.41) is 7.49. The van der Waals surface area contributed by atoms with E-state index < -0.39 is 0 Å². The van der Waals surface area contributed by atoms with Crippen LogP contribution in [0.5, 0.6) is 0 Å². The fourth-order valence-corrected chi connectivity index (χ4v) is 1.67. The third-order valence-electron chi connectivity index (χ3n) is 2.39. The van der Waals surface area contributed by atoms with Crippen molar-refractivity contribution in [3.05, 3.63) is 53.9 Å². The summed E-state index contributed by atoms with van der Waals surface area (Å²) in [5.41, 5.74) is 9.16. The van der Waals surface area contributed by atoms with Crippen LogP contribution in [0.2, 0.25) is 0 Å². The van der Waals surface area contributed by atoms with Gasteiger partial charge in [0.05, 0.1) is 0 Å². The van der Waals surface area contributed by atoms with Crippen molar-refractivity contribution in [1.29, 1.82) is 5.41 Å². The summed E-state index contributed by atoms with van der Waals surface area (Å²) in [6, 6.07) is 11.9. The highest BCUT2D eigenvalue weighted by Crippen LogP contribution is 2.22. The number of aromatic nitrogens is 1. The highest BCUT2D eigenvalue weighted by molar-refractivity contribution is 5.99. The van der Waals surface area contributed by atoms with Crippen LogP contribution in [-0.4, -0.2) is 10.8 Å². The molecule has 0 saturated heterocycles. The molecule has 3 N–H and O–H groups in total. The summed E-state index contributed by atoms with van der Waals surface area (Å²) >= 11 is 0. The molecule has 0 saturated carbocycles. The molecule has 80 valence electrons. The van der Waals surface area contributed by atoms with E-state index in [4.69, 9.17) is 11.1 Å². The number of hydrogen-bond acceptors (Lipinski definition) is 2. The van der Waals surface area contributed by atoms with Crippen LogP contribution in [-0.2, 0) is 0 Å². The third-order valence-corrected chi connectivity index (χ3v) is 2.39. The van der Waals surface area contributed by atoms with Crippen molar-refractivity contribution in [2.24, 2.45) is 5.73 Å². The van der Waals surface area contributed by atoms with Crippen molar-refractivity contribution >= 4 is 5.84 Å². The molecule has 3 heteroatoms. The van der Waals surface area contributed by atoms with Crippen LogP contribution in [0.1, 0.15) is 11.3 Å². The number of benzene rings is 1. The van der Waals surface area contributed by atoms with Gasteiger partial charge >= 0.3 is 0 Å². The molecule has 0 radical (unpaired) electrons. The Labute approximate surface area is 94.5 Å². The number of aryl methyl sites for hydroxylation is 1. The number of nitrogens with one attached hydrogen (secondary N) is 1. The molecule has 0 aliphatic heterocycles. The molecule has 0 atom stereocenters. The second-order valence-electron chi connectivity index (χ2n) is 3.68. The van der Waals surface area contributed by atoms with E-state index in [0.717, 1.165) is 11.1 Å². The van der Waals surface area contributed by atoms with Crippen LogP contribution < -0.4 is 5.73 Å². The number of hydrogen-bond donors (Lipinski definition) is 2. The van der Waals surface area contributed by atoms with Gasteiger partial charge in [0.2, 0.25) is 0 Å². The summed E-state index contributed by atoms with van der Waals surface area (Å²) < 4.78 is 0. The first-order chi connectivity index (χ1) is 7.68. The van der Waals surface area contributed by atoms with Crippen molar-refractivity contribution in [3.8, 4) is 11.1 Å². The lowest BCUT2D eigenvalue weighted by Gasteiger charge is -2.07. The molecule has 0 aliphatic carbocycles. The lowest BCUT2D eigenvalue weighted by molar-refractivity contribution is 1.25. The number of rotatable bonds is 2. The summed E-state index contributed by atoms with van der Waals surface area (Å²) in [6.45, 7) is 2.04. The molecule has 0 fully saturated rings. The van der Waals surface area contributed by atoms with E-state index in [1.807, 2.05) is 37.3 Å². The fourth-order valence-electron chi connectivity index (χ4n) is 1.67. The smallest absolute Gasteiger partial charge is 0.142 e. The van der Waals surface area contributed by atoms with Gasteiger partial charge in [0.1, 0.15) is 11.5 Å². The summed E-state index contributed by atoms with van der Waals surface area (Å²) in [5.74, 6) is -0.00268. The van der Waals surface area contributed by atoms with Crippen LogP contribution in [0.4, 0.5) is 0 Å². The molecule has 16 heavy (non-hydrogen) atoms. The molecule has 0 aliphatic rings. The zero-order valence-electron chi connectivity index (χ0n) is 9.07. The third kappa shape index (κ3) is 1.93. The lowest BCUT2D eigenvalue weighted by Crippen LogP contribution is -2.14. The van der Waals surface area contributed by atoms with E-state index in [-0.39, 0.29) is 5.84 Å². The molecule has 1 heterocycles. The monoisotopic (exact) mass is 211 g/mol. The van der Waals surface area contributed by atoms with Crippen molar-refractivity contribution in [2.45, 2.75) is 6.92 Å². The molecule has 0 amide bonds. The molecular weight excluding hydrogens is 198 g/mol. The summed E-state index contributed by atoms with van der Waals surface area (Å²) in [4.78, 5) is 4.13. The topological polar surface area (TPSA) is 62.8 Å². The van der Waals surface area contributed by atoms with E-state index >= 15 is 0 Å². The van der Waals surface area contributed by atoms with Crippen LogP contribution in [0.25, 0.3) is 11.1 Å². The molecule has 3 nitrogen and oxygen atoms in total. The highest BCUT2D eigenvalue weighted by atomic mass is 14.8. The Morgan fingerprint density at radius 2 is 2.06 bits per heavy atom. The van der Waals surface area contributed by atoms with Gasteiger partial charge in [-0.25, -0.2) is 0 Å². The normalized spacial score (nSPS) is 10.1. The maximum atomic E-state index is 7.49. The van der Waals surface area contributed by atoms with Gasteiger partial charge in [-0.2, -0.15) is 0 Å². The zero-order valence-corrected chi connectivity index (χ0v) is 9.07. The van der Waals surface area contributed by atoms with Crippen LogP contribution in [0.3, 0.4) is 0 Å². The molecule has 2 aromatic rings. The molecule has 0 bridgehead atoms. The van der Waals surface area contributed by atoms with E-state index in [1.165, 1.54) is 5.56 Å². The Kier molecular flexibility index (Phi) is 2.68. The summed E-state index contributed by atoms with van der Waals surface area (Å²) in [6.07, 6.45) is 1.65. The van der Waals surface area contributed by atoms with Crippen LogP contribution in [0.15, 0.2) is 42.6 Å². The van der Waals surface area contributed by atoms with Gasteiger partial charge in [-0.1, -0.05) is 35.9 Å². The number of nitrogen functional groups attached to an aromatic ring is 1. The molecule has 0 unspecified atom stereocenters. The van der Waals surface area contributed by atoms with Crippen LogP contribution >= 0.6 is 0 Å². The van der Waals surface area contributed by atoms with Crippen LogP contribution in [0, 0.1) is 12.3 Å². The SMILES string of the molecule is Cc1cccc(-c2cccnc2C(=N)N)c1. The first-order valence-electron chi connectivity index (χ1n) is 5.05. The van der Waals surface area contributed by atoms with E-state index in [1.54, 1.807) is 6.20 Å². The Morgan fingerprint density at radius 1 is 1.25 bits per heavy atom. The Bertz CT molecular complexity index is 532. The van der Waals surface area contributed by atoms with Crippen molar-refractivity contribution in [3.63, 3.8) is 0 Å². The highest BCUT2D eigenvalue weighted by Gasteiger charge is 2.07. The van der Waals surface area contributed by atoms with Gasteiger partial charge in [-0.05, 0) is 18.6 Å². The average Bonchev–Trinajstić information content (AvgIpc) is 2.29. The number of nitrogens with zero attached hydrogens (tertiary/aromatic N) is 1. The van der Waals surface area contributed by atoms with Gasteiger partial charge in [0, 0.05) is 11.8 Å². The quantitative estimate of drug-likeness (QED) is 0.591. The summed E-state index contributed by atoms with van der Waals surface area (Å²) in [7, 11) is 0. The number of amidine groups is 1. The Hall–Kier alpha value is -2.16. The van der Waals surface area contributed by atoms with Crippen molar-refractivity contribution in [1.82, 2.24) is 4.98 Å². The first kappa shape index (κ1) is 10.4. The second-order valence-corrected chi connectivity index (χ2v) is 3.68. The standard InChI is InChI=1S/C13H13N3/c1-9-4-2-5-10(8-9)11-6-3-7-16-12(11)13(14)15/h2-8H,1H3,(H3,14,15). The lowest BCUT2D eigenvalue weighted by atomic mass is 10.0. The van der Waals surface area contributed by atoms with Gasteiger partial charge < -0.3 is 5.73 Å². The van der Waals surface area contributed by atoms with Gasteiger partial charge in [0.25, 0.3) is 0 Å².